The van der Waals surface area contributed by atoms with Crippen LogP contribution in [0, 0.1) is 29.6 Å². The molecule has 0 fully saturated rings. The Labute approximate surface area is 139 Å². The molecule has 118 valence electrons. The Morgan fingerprint density at radius 3 is 2.58 bits per heavy atom. The van der Waals surface area contributed by atoms with E-state index in [1.54, 1.807) is 37.3 Å². The van der Waals surface area contributed by atoms with Gasteiger partial charge in [0.25, 0.3) is 5.91 Å². The second-order valence-electron chi connectivity index (χ2n) is 4.92. The summed E-state index contributed by atoms with van der Waals surface area (Å²) in [5, 5.41) is 33.0. The quantitative estimate of drug-likeness (QED) is 0.456. The van der Waals surface area contributed by atoms with Gasteiger partial charge in [-0.1, -0.05) is 12.1 Å². The maximum atomic E-state index is 12.2. The van der Waals surface area contributed by atoms with Crippen LogP contribution in [0.25, 0.3) is 0 Å². The Balaban J connectivity index is 2.17. The highest BCUT2D eigenvalue weighted by Crippen LogP contribution is 2.20. The molecule has 0 aromatic heterocycles. The zero-order chi connectivity index (χ0) is 17.5. The number of rotatable bonds is 4. The van der Waals surface area contributed by atoms with Crippen LogP contribution in [0.5, 0.6) is 5.75 Å². The van der Waals surface area contributed by atoms with Crippen molar-refractivity contribution in [3.8, 4) is 17.9 Å². The first-order valence-corrected chi connectivity index (χ1v) is 7.02. The molecule has 0 aliphatic rings. The van der Waals surface area contributed by atoms with Gasteiger partial charge in [-0.15, -0.1) is 0 Å². The fourth-order valence-corrected chi connectivity index (χ4v) is 1.98. The van der Waals surface area contributed by atoms with E-state index in [2.05, 4.69) is 10.6 Å². The Morgan fingerprint density at radius 1 is 1.17 bits per heavy atom. The molecule has 0 heterocycles. The number of carbonyl (C=O) groups excluding carboxylic acids is 1. The molecule has 0 radical (unpaired) electrons. The van der Waals surface area contributed by atoms with Crippen LogP contribution < -0.4 is 10.6 Å². The highest BCUT2D eigenvalue weighted by Gasteiger charge is 2.11. The Kier molecular flexibility index (Phi) is 5.17. The first-order chi connectivity index (χ1) is 11.5. The van der Waals surface area contributed by atoms with Crippen molar-refractivity contribution in [1.29, 1.82) is 10.5 Å². The monoisotopic (exact) mass is 318 g/mol. The lowest BCUT2D eigenvalue weighted by molar-refractivity contribution is -0.112. The first-order valence-electron chi connectivity index (χ1n) is 7.02. The number of phenols is 1. The van der Waals surface area contributed by atoms with Crippen LogP contribution in [0.3, 0.4) is 0 Å². The number of aryl methyl sites for hydroxylation is 1. The van der Waals surface area contributed by atoms with Crippen molar-refractivity contribution < 1.29 is 9.90 Å². The third kappa shape index (κ3) is 3.90. The van der Waals surface area contributed by atoms with Crippen molar-refractivity contribution in [2.45, 2.75) is 6.92 Å². The van der Waals surface area contributed by atoms with Crippen molar-refractivity contribution in [3.05, 3.63) is 65.4 Å². The van der Waals surface area contributed by atoms with Gasteiger partial charge in [0.15, 0.2) is 0 Å². The van der Waals surface area contributed by atoms with Crippen molar-refractivity contribution in [2.24, 2.45) is 0 Å². The molecule has 3 N–H and O–H groups in total. The maximum absolute atomic E-state index is 12.2. The normalized spacial score (nSPS) is 10.4. The summed E-state index contributed by atoms with van der Waals surface area (Å²) in [7, 11) is 0. The molecule has 0 bridgehead atoms. The Bertz CT molecular complexity index is 889. The molecule has 2 aromatic carbocycles. The molecule has 1 amide bonds. The molecule has 0 aliphatic heterocycles. The second-order valence-corrected chi connectivity index (χ2v) is 4.92. The minimum Gasteiger partial charge on any atom is -0.508 e. The molecule has 0 unspecified atom stereocenters. The number of hydrogen-bond acceptors (Lipinski definition) is 5. The SMILES string of the molecule is Cc1cc(O)ccc1NC(=O)/C(C#N)=C\Nc1ccccc1C#N. The van der Waals surface area contributed by atoms with Crippen molar-refractivity contribution >= 4 is 17.3 Å². The van der Waals surface area contributed by atoms with Crippen molar-refractivity contribution in [2.75, 3.05) is 10.6 Å². The lowest BCUT2D eigenvalue weighted by Gasteiger charge is -2.08. The smallest absolute Gasteiger partial charge is 0.267 e. The summed E-state index contributed by atoms with van der Waals surface area (Å²) < 4.78 is 0. The van der Waals surface area contributed by atoms with Crippen LogP contribution in [0.4, 0.5) is 11.4 Å². The molecule has 6 heteroatoms. The van der Waals surface area contributed by atoms with Gasteiger partial charge in [0.2, 0.25) is 0 Å². The van der Waals surface area contributed by atoms with Gasteiger partial charge >= 0.3 is 0 Å². The fraction of sp³-hybridized carbons (Fsp3) is 0.0556. The average Bonchev–Trinajstić information content (AvgIpc) is 2.58. The van der Waals surface area contributed by atoms with E-state index >= 15 is 0 Å². The number of phenolic OH excluding ortho intramolecular Hbond substituents is 1. The number of anilines is 2. The third-order valence-electron chi connectivity index (χ3n) is 3.24. The van der Waals surface area contributed by atoms with Gasteiger partial charge in [0.05, 0.1) is 11.3 Å². The molecule has 6 nitrogen and oxygen atoms in total. The van der Waals surface area contributed by atoms with Gasteiger partial charge in [-0.3, -0.25) is 4.79 Å². The van der Waals surface area contributed by atoms with E-state index in [0.29, 0.717) is 22.5 Å². The molecular formula is C18H14N4O2. The molecule has 2 aromatic rings. The number of carbonyl (C=O) groups is 1. The first kappa shape index (κ1) is 16.6. The molecule has 2 rings (SSSR count). The van der Waals surface area contributed by atoms with Gasteiger partial charge in [0.1, 0.15) is 23.5 Å². The van der Waals surface area contributed by atoms with Crippen LogP contribution in [0.15, 0.2) is 54.2 Å². The van der Waals surface area contributed by atoms with Crippen molar-refractivity contribution in [3.63, 3.8) is 0 Å². The molecule has 24 heavy (non-hydrogen) atoms. The molecule has 0 atom stereocenters. The van der Waals surface area contributed by atoms with Gasteiger partial charge in [-0.05, 0) is 42.8 Å². The van der Waals surface area contributed by atoms with Gasteiger partial charge in [-0.25, -0.2) is 0 Å². The van der Waals surface area contributed by atoms with Crippen LogP contribution in [-0.4, -0.2) is 11.0 Å². The van der Waals surface area contributed by atoms with Crippen LogP contribution in [0.1, 0.15) is 11.1 Å². The zero-order valence-electron chi connectivity index (χ0n) is 12.9. The molecule has 0 saturated carbocycles. The summed E-state index contributed by atoms with van der Waals surface area (Å²) in [5.41, 5.74) is 1.93. The van der Waals surface area contributed by atoms with Crippen LogP contribution >= 0.6 is 0 Å². The van der Waals surface area contributed by atoms with E-state index in [0.717, 1.165) is 0 Å². The van der Waals surface area contributed by atoms with Crippen LogP contribution in [0.2, 0.25) is 0 Å². The number of aromatic hydroxyl groups is 1. The molecule has 0 aliphatic carbocycles. The second kappa shape index (κ2) is 7.48. The van der Waals surface area contributed by atoms with Crippen molar-refractivity contribution in [1.82, 2.24) is 0 Å². The number of hydrogen-bond donors (Lipinski definition) is 3. The van der Waals surface area contributed by atoms with Gasteiger partial charge < -0.3 is 15.7 Å². The minimum atomic E-state index is -0.590. The number of nitrogens with one attached hydrogen (secondary N) is 2. The van der Waals surface area contributed by atoms with E-state index in [1.165, 1.54) is 18.3 Å². The summed E-state index contributed by atoms with van der Waals surface area (Å²) in [6, 6.07) is 15.1. The number of amides is 1. The number of nitrogens with zero attached hydrogens (tertiary/aromatic N) is 2. The summed E-state index contributed by atoms with van der Waals surface area (Å²) in [5.74, 6) is -0.496. The molecule has 0 saturated heterocycles. The van der Waals surface area contributed by atoms with E-state index < -0.39 is 5.91 Å². The van der Waals surface area contributed by atoms with E-state index in [-0.39, 0.29) is 11.3 Å². The summed E-state index contributed by atoms with van der Waals surface area (Å²) in [4.78, 5) is 12.2. The zero-order valence-corrected chi connectivity index (χ0v) is 12.9. The topological polar surface area (TPSA) is 109 Å². The average molecular weight is 318 g/mol. The number of nitriles is 2. The highest BCUT2D eigenvalue weighted by molar-refractivity contribution is 6.07. The standard InChI is InChI=1S/C18H14N4O2/c1-12-8-15(23)6-7-16(12)22-18(24)14(10-20)11-21-17-5-3-2-4-13(17)9-19/h2-8,11,21,23H,1H3,(H,22,24)/b14-11-. The molecule has 0 spiro atoms. The van der Waals surface area contributed by atoms with E-state index in [9.17, 15) is 9.90 Å². The number of benzene rings is 2. The Morgan fingerprint density at radius 2 is 1.92 bits per heavy atom. The van der Waals surface area contributed by atoms with E-state index in [4.69, 9.17) is 10.5 Å². The summed E-state index contributed by atoms with van der Waals surface area (Å²) in [6.45, 7) is 1.73. The summed E-state index contributed by atoms with van der Waals surface area (Å²) in [6.07, 6.45) is 1.25. The predicted octanol–water partition coefficient (Wildman–Crippen LogP) is 3.03. The lowest BCUT2D eigenvalue weighted by Crippen LogP contribution is -2.15. The highest BCUT2D eigenvalue weighted by atomic mass is 16.3. The minimum absolute atomic E-state index is 0.0938. The third-order valence-corrected chi connectivity index (χ3v) is 3.24. The maximum Gasteiger partial charge on any atom is 0.267 e. The van der Waals surface area contributed by atoms with Crippen LogP contribution in [-0.2, 0) is 4.79 Å². The lowest BCUT2D eigenvalue weighted by atomic mass is 10.1. The summed E-state index contributed by atoms with van der Waals surface area (Å²) >= 11 is 0. The van der Waals surface area contributed by atoms with Gasteiger partial charge in [-0.2, -0.15) is 10.5 Å². The largest absolute Gasteiger partial charge is 0.508 e. The predicted molar refractivity (Wildman–Crippen MR) is 89.9 cm³/mol. The number of para-hydroxylation sites is 1. The van der Waals surface area contributed by atoms with Gasteiger partial charge in [0, 0.05) is 11.9 Å². The Hall–Kier alpha value is -3.77. The fourth-order valence-electron chi connectivity index (χ4n) is 1.98. The molecular weight excluding hydrogens is 304 g/mol. The van der Waals surface area contributed by atoms with E-state index in [1.807, 2.05) is 12.1 Å².